The number of carbonyl (C=O) groups excluding carboxylic acids is 1. The molecule has 86 valence electrons. The molecule has 0 atom stereocenters. The van der Waals surface area contributed by atoms with Crippen LogP contribution >= 0.6 is 0 Å². The number of carbonyl (C=O) groups is 1. The van der Waals surface area contributed by atoms with Gasteiger partial charge in [-0.1, -0.05) is 19.3 Å². The van der Waals surface area contributed by atoms with Gasteiger partial charge in [-0.2, -0.15) is 0 Å². The Morgan fingerprint density at radius 3 is 1.93 bits per heavy atom. The monoisotopic (exact) mass is 210 g/mol. The Balaban J connectivity index is 1.84. The maximum absolute atomic E-state index is 12.2. The molecule has 2 saturated carbocycles. The molecule has 2 aliphatic carbocycles. The molecular weight excluding hydrogens is 188 g/mol. The van der Waals surface area contributed by atoms with E-state index in [0.717, 1.165) is 38.5 Å². The standard InChI is InChI=1S/C13H22O2/c14-12-8-6-11(7-9-12)13(15)10-4-2-1-3-5-10/h10-12,14H,1-9H2. The smallest absolute Gasteiger partial charge is 0.139 e. The molecule has 2 rings (SSSR count). The lowest BCUT2D eigenvalue weighted by Crippen LogP contribution is -2.30. The van der Waals surface area contributed by atoms with E-state index in [1.165, 1.54) is 19.3 Å². The number of aliphatic hydroxyl groups is 1. The van der Waals surface area contributed by atoms with Gasteiger partial charge in [-0.25, -0.2) is 0 Å². The number of ketones is 1. The summed E-state index contributed by atoms with van der Waals surface area (Å²) in [5, 5.41) is 9.41. The van der Waals surface area contributed by atoms with Gasteiger partial charge in [0, 0.05) is 11.8 Å². The first-order valence-electron chi connectivity index (χ1n) is 6.49. The minimum atomic E-state index is -0.139. The Bertz CT molecular complexity index is 211. The van der Waals surface area contributed by atoms with Crippen LogP contribution in [0.3, 0.4) is 0 Å². The van der Waals surface area contributed by atoms with E-state index >= 15 is 0 Å². The minimum absolute atomic E-state index is 0.139. The van der Waals surface area contributed by atoms with Crippen molar-refractivity contribution in [2.75, 3.05) is 0 Å². The molecule has 0 unspecified atom stereocenters. The summed E-state index contributed by atoms with van der Waals surface area (Å²) >= 11 is 0. The van der Waals surface area contributed by atoms with Gasteiger partial charge >= 0.3 is 0 Å². The average Bonchev–Trinajstić information content (AvgIpc) is 2.30. The zero-order chi connectivity index (χ0) is 10.7. The van der Waals surface area contributed by atoms with Crippen molar-refractivity contribution >= 4 is 5.78 Å². The second-order valence-corrected chi connectivity index (χ2v) is 5.24. The van der Waals surface area contributed by atoms with E-state index < -0.39 is 0 Å². The molecule has 0 heterocycles. The largest absolute Gasteiger partial charge is 0.393 e. The molecule has 0 saturated heterocycles. The molecular formula is C13H22O2. The molecule has 15 heavy (non-hydrogen) atoms. The van der Waals surface area contributed by atoms with Crippen LogP contribution < -0.4 is 0 Å². The molecule has 0 aliphatic heterocycles. The lowest BCUT2D eigenvalue weighted by Gasteiger charge is -2.29. The van der Waals surface area contributed by atoms with Crippen LogP contribution in [0.2, 0.25) is 0 Å². The lowest BCUT2D eigenvalue weighted by atomic mass is 9.76. The Hall–Kier alpha value is -0.370. The van der Waals surface area contributed by atoms with Crippen molar-refractivity contribution < 1.29 is 9.90 Å². The molecule has 0 aromatic heterocycles. The molecule has 0 aromatic carbocycles. The number of rotatable bonds is 2. The Morgan fingerprint density at radius 2 is 1.33 bits per heavy atom. The van der Waals surface area contributed by atoms with Gasteiger partial charge in [0.1, 0.15) is 5.78 Å². The maximum Gasteiger partial charge on any atom is 0.139 e. The van der Waals surface area contributed by atoms with Gasteiger partial charge in [0.2, 0.25) is 0 Å². The molecule has 2 fully saturated rings. The van der Waals surface area contributed by atoms with Gasteiger partial charge < -0.3 is 5.11 Å². The quantitative estimate of drug-likeness (QED) is 0.761. The third-order valence-electron chi connectivity index (χ3n) is 4.11. The van der Waals surface area contributed by atoms with Crippen LogP contribution in [0, 0.1) is 11.8 Å². The van der Waals surface area contributed by atoms with Crippen LogP contribution in [-0.2, 0) is 4.79 Å². The van der Waals surface area contributed by atoms with Crippen molar-refractivity contribution in [1.82, 2.24) is 0 Å². The normalized spacial score (nSPS) is 33.9. The summed E-state index contributed by atoms with van der Waals surface area (Å²) in [5.41, 5.74) is 0. The molecule has 2 aliphatic rings. The predicted octanol–water partition coefficient (Wildman–Crippen LogP) is 2.69. The summed E-state index contributed by atoms with van der Waals surface area (Å²) in [6, 6.07) is 0. The second-order valence-electron chi connectivity index (χ2n) is 5.24. The summed E-state index contributed by atoms with van der Waals surface area (Å²) in [6.45, 7) is 0. The van der Waals surface area contributed by atoms with E-state index in [-0.39, 0.29) is 12.0 Å². The van der Waals surface area contributed by atoms with E-state index in [0.29, 0.717) is 11.7 Å². The Kier molecular flexibility index (Phi) is 3.79. The fourth-order valence-corrected chi connectivity index (χ4v) is 3.08. The van der Waals surface area contributed by atoms with Gasteiger partial charge in [-0.3, -0.25) is 4.79 Å². The Morgan fingerprint density at radius 1 is 0.800 bits per heavy atom. The van der Waals surface area contributed by atoms with E-state index in [2.05, 4.69) is 0 Å². The average molecular weight is 210 g/mol. The molecule has 1 N–H and O–H groups in total. The maximum atomic E-state index is 12.2. The van der Waals surface area contributed by atoms with Gasteiger partial charge in [0.25, 0.3) is 0 Å². The summed E-state index contributed by atoms with van der Waals surface area (Å²) in [5.74, 6) is 1.15. The van der Waals surface area contributed by atoms with Gasteiger partial charge in [0.15, 0.2) is 0 Å². The Labute approximate surface area is 92.1 Å². The molecule has 2 heteroatoms. The summed E-state index contributed by atoms with van der Waals surface area (Å²) in [4.78, 5) is 12.2. The third kappa shape index (κ3) is 2.81. The highest BCUT2D eigenvalue weighted by atomic mass is 16.3. The van der Waals surface area contributed by atoms with Crippen molar-refractivity contribution in [2.45, 2.75) is 63.9 Å². The van der Waals surface area contributed by atoms with Crippen LogP contribution in [0.25, 0.3) is 0 Å². The number of aliphatic hydroxyl groups excluding tert-OH is 1. The van der Waals surface area contributed by atoms with Crippen LogP contribution in [0.1, 0.15) is 57.8 Å². The van der Waals surface area contributed by atoms with Crippen molar-refractivity contribution in [1.29, 1.82) is 0 Å². The molecule has 2 nitrogen and oxygen atoms in total. The highest BCUT2D eigenvalue weighted by Crippen LogP contribution is 2.32. The number of hydrogen-bond acceptors (Lipinski definition) is 2. The number of Topliss-reactive ketones (excluding diaryl/α,β-unsaturated/α-hetero) is 1. The molecule has 0 bridgehead atoms. The van der Waals surface area contributed by atoms with Crippen molar-refractivity contribution in [2.24, 2.45) is 11.8 Å². The summed E-state index contributed by atoms with van der Waals surface area (Å²) in [7, 11) is 0. The first-order chi connectivity index (χ1) is 7.27. The predicted molar refractivity (Wildman–Crippen MR) is 59.5 cm³/mol. The summed E-state index contributed by atoms with van der Waals surface area (Å²) < 4.78 is 0. The van der Waals surface area contributed by atoms with Crippen molar-refractivity contribution in [3.8, 4) is 0 Å². The van der Waals surface area contributed by atoms with Crippen LogP contribution in [0.15, 0.2) is 0 Å². The molecule has 0 spiro atoms. The minimum Gasteiger partial charge on any atom is -0.393 e. The van der Waals surface area contributed by atoms with Gasteiger partial charge in [-0.15, -0.1) is 0 Å². The molecule has 0 radical (unpaired) electrons. The lowest BCUT2D eigenvalue weighted by molar-refractivity contribution is -0.129. The van der Waals surface area contributed by atoms with Crippen LogP contribution in [0.4, 0.5) is 0 Å². The fraction of sp³-hybridized carbons (Fsp3) is 0.923. The first kappa shape index (κ1) is 11.1. The third-order valence-corrected chi connectivity index (χ3v) is 4.11. The van der Waals surface area contributed by atoms with Crippen molar-refractivity contribution in [3.63, 3.8) is 0 Å². The van der Waals surface area contributed by atoms with E-state index in [4.69, 9.17) is 0 Å². The fourth-order valence-electron chi connectivity index (χ4n) is 3.08. The first-order valence-corrected chi connectivity index (χ1v) is 6.49. The van der Waals surface area contributed by atoms with E-state index in [9.17, 15) is 9.90 Å². The van der Waals surface area contributed by atoms with E-state index in [1.807, 2.05) is 0 Å². The van der Waals surface area contributed by atoms with Gasteiger partial charge in [-0.05, 0) is 38.5 Å². The van der Waals surface area contributed by atoms with Gasteiger partial charge in [0.05, 0.1) is 6.10 Å². The molecule has 0 amide bonds. The van der Waals surface area contributed by atoms with Crippen molar-refractivity contribution in [3.05, 3.63) is 0 Å². The highest BCUT2D eigenvalue weighted by molar-refractivity contribution is 5.83. The van der Waals surface area contributed by atoms with E-state index in [1.54, 1.807) is 0 Å². The van der Waals surface area contributed by atoms with Crippen LogP contribution in [-0.4, -0.2) is 17.0 Å². The molecule has 0 aromatic rings. The van der Waals surface area contributed by atoms with Crippen LogP contribution in [0.5, 0.6) is 0 Å². The SMILES string of the molecule is O=C(C1CCCCC1)C1CCC(O)CC1. The zero-order valence-electron chi connectivity index (χ0n) is 9.45. The second kappa shape index (κ2) is 5.11. The zero-order valence-corrected chi connectivity index (χ0v) is 9.45. The summed E-state index contributed by atoms with van der Waals surface area (Å²) in [6.07, 6.45) is 9.43. The number of hydrogen-bond donors (Lipinski definition) is 1. The topological polar surface area (TPSA) is 37.3 Å². The highest BCUT2D eigenvalue weighted by Gasteiger charge is 2.30.